The van der Waals surface area contributed by atoms with Crippen molar-refractivity contribution in [2.45, 2.75) is 13.0 Å². The highest BCUT2D eigenvalue weighted by atomic mass is 32.2. The molecule has 0 fully saturated rings. The smallest absolute Gasteiger partial charge is 0.254 e. The van der Waals surface area contributed by atoms with Gasteiger partial charge in [-0.15, -0.1) is 0 Å². The van der Waals surface area contributed by atoms with Crippen molar-refractivity contribution in [3.8, 4) is 0 Å². The number of hydrogen-bond donors (Lipinski definition) is 2. The quantitative estimate of drug-likeness (QED) is 0.829. The summed E-state index contributed by atoms with van der Waals surface area (Å²) in [6, 6.07) is -0.289. The van der Waals surface area contributed by atoms with Crippen LogP contribution in [-0.4, -0.2) is 8.42 Å². The summed E-state index contributed by atoms with van der Waals surface area (Å²) in [5, 5.41) is 0.448. The third-order valence-electron chi connectivity index (χ3n) is 2.14. The molecule has 0 saturated carbocycles. The summed E-state index contributed by atoms with van der Waals surface area (Å²) in [7, 11) is -4.13. The van der Waals surface area contributed by atoms with Crippen LogP contribution in [0.4, 0.5) is 18.9 Å². The summed E-state index contributed by atoms with van der Waals surface area (Å²) in [6.07, 6.45) is 0. The molecular formula is C10H11F3N2O2S. The van der Waals surface area contributed by atoms with Gasteiger partial charge in [-0.1, -0.05) is 6.58 Å². The van der Waals surface area contributed by atoms with E-state index in [0.29, 0.717) is 11.5 Å². The zero-order valence-electron chi connectivity index (χ0n) is 9.38. The Labute approximate surface area is 102 Å². The Morgan fingerprint density at radius 1 is 1.39 bits per heavy atom. The second-order valence-corrected chi connectivity index (χ2v) is 5.18. The molecule has 1 rings (SSSR count). The van der Waals surface area contributed by atoms with Crippen LogP contribution in [0, 0.1) is 17.5 Å². The fraction of sp³-hybridized carbons (Fsp3) is 0.200. The van der Waals surface area contributed by atoms with E-state index < -0.39 is 39.2 Å². The lowest BCUT2D eigenvalue weighted by atomic mass is 10.1. The van der Waals surface area contributed by atoms with Crippen LogP contribution in [0.1, 0.15) is 18.5 Å². The Kier molecular flexibility index (Phi) is 4.02. The van der Waals surface area contributed by atoms with Gasteiger partial charge in [-0.3, -0.25) is 4.72 Å². The van der Waals surface area contributed by atoms with Gasteiger partial charge in [-0.2, -0.15) is 0 Å². The molecule has 1 aromatic rings. The van der Waals surface area contributed by atoms with Crippen molar-refractivity contribution in [3.63, 3.8) is 0 Å². The van der Waals surface area contributed by atoms with Gasteiger partial charge in [-0.25, -0.2) is 21.6 Å². The molecule has 4 nitrogen and oxygen atoms in total. The monoisotopic (exact) mass is 280 g/mol. The topological polar surface area (TPSA) is 72.2 Å². The summed E-state index contributed by atoms with van der Waals surface area (Å²) >= 11 is 0. The third kappa shape index (κ3) is 2.82. The number of benzene rings is 1. The van der Waals surface area contributed by atoms with E-state index in [-0.39, 0.29) is 5.56 Å². The maximum atomic E-state index is 13.5. The molecule has 1 aromatic carbocycles. The Balaban J connectivity index is 3.41. The highest BCUT2D eigenvalue weighted by molar-refractivity contribution is 7.95. The zero-order valence-corrected chi connectivity index (χ0v) is 10.2. The van der Waals surface area contributed by atoms with E-state index in [1.807, 2.05) is 0 Å². The molecule has 0 radical (unpaired) electrons. The minimum absolute atomic E-state index is 0.383. The lowest BCUT2D eigenvalue weighted by Gasteiger charge is -2.12. The van der Waals surface area contributed by atoms with E-state index in [1.54, 1.807) is 0 Å². The zero-order chi connectivity index (χ0) is 14.1. The van der Waals surface area contributed by atoms with E-state index >= 15 is 0 Å². The number of rotatable bonds is 4. The van der Waals surface area contributed by atoms with E-state index in [0.717, 1.165) is 0 Å². The van der Waals surface area contributed by atoms with Gasteiger partial charge in [0.25, 0.3) is 10.0 Å². The highest BCUT2D eigenvalue weighted by Gasteiger charge is 2.22. The Hall–Kier alpha value is -1.54. The predicted molar refractivity (Wildman–Crippen MR) is 61.7 cm³/mol. The van der Waals surface area contributed by atoms with Crippen LogP contribution >= 0.6 is 0 Å². The van der Waals surface area contributed by atoms with E-state index in [4.69, 9.17) is 5.73 Å². The van der Waals surface area contributed by atoms with Gasteiger partial charge in [0, 0.05) is 17.0 Å². The number of nitrogens with two attached hydrogens (primary N) is 1. The van der Waals surface area contributed by atoms with Crippen LogP contribution in [0.5, 0.6) is 0 Å². The van der Waals surface area contributed by atoms with Gasteiger partial charge < -0.3 is 5.73 Å². The first-order valence-electron chi connectivity index (χ1n) is 4.78. The van der Waals surface area contributed by atoms with Gasteiger partial charge in [0.1, 0.15) is 5.69 Å². The second kappa shape index (κ2) is 4.99. The Bertz CT molecular complexity index is 585. The maximum Gasteiger partial charge on any atom is 0.254 e. The standard InChI is InChI=1S/C10H11F3N2O2S/c1-3-18(16,17)15-10-7(11)4-6(5(2)14)8(12)9(10)13/h3-5,15H,1,14H2,2H3. The minimum atomic E-state index is -4.13. The summed E-state index contributed by atoms with van der Waals surface area (Å²) < 4.78 is 64.2. The molecule has 0 spiro atoms. The first-order valence-corrected chi connectivity index (χ1v) is 6.32. The van der Waals surface area contributed by atoms with Crippen molar-refractivity contribution in [3.05, 3.63) is 41.1 Å². The minimum Gasteiger partial charge on any atom is -0.324 e. The Morgan fingerprint density at radius 2 is 1.94 bits per heavy atom. The van der Waals surface area contributed by atoms with E-state index in [2.05, 4.69) is 6.58 Å². The molecule has 0 aromatic heterocycles. The van der Waals surface area contributed by atoms with Crippen molar-refractivity contribution in [1.29, 1.82) is 0 Å². The van der Waals surface area contributed by atoms with Crippen LogP contribution in [0.25, 0.3) is 0 Å². The first kappa shape index (κ1) is 14.5. The summed E-state index contributed by atoms with van der Waals surface area (Å²) in [4.78, 5) is 0. The molecule has 0 aliphatic carbocycles. The fourth-order valence-electron chi connectivity index (χ4n) is 1.22. The number of anilines is 1. The first-order chi connectivity index (χ1) is 8.19. The average Bonchev–Trinajstić information content (AvgIpc) is 2.29. The summed E-state index contributed by atoms with van der Waals surface area (Å²) in [6.45, 7) is 4.29. The molecule has 3 N–H and O–H groups in total. The molecule has 100 valence electrons. The highest BCUT2D eigenvalue weighted by Crippen LogP contribution is 2.28. The normalized spacial score (nSPS) is 13.2. The molecule has 0 amide bonds. The van der Waals surface area contributed by atoms with Gasteiger partial charge in [0.2, 0.25) is 0 Å². The van der Waals surface area contributed by atoms with Gasteiger partial charge in [-0.05, 0) is 13.0 Å². The van der Waals surface area contributed by atoms with Crippen molar-refractivity contribution >= 4 is 15.7 Å². The number of sulfonamides is 1. The molecule has 0 aliphatic heterocycles. The van der Waals surface area contributed by atoms with Gasteiger partial charge >= 0.3 is 0 Å². The van der Waals surface area contributed by atoms with Crippen molar-refractivity contribution < 1.29 is 21.6 Å². The van der Waals surface area contributed by atoms with Gasteiger partial charge in [0.15, 0.2) is 17.5 Å². The SMILES string of the molecule is C=CS(=O)(=O)Nc1c(F)cc(C(C)N)c(F)c1F. The number of hydrogen-bond acceptors (Lipinski definition) is 3. The lowest BCUT2D eigenvalue weighted by Crippen LogP contribution is -2.15. The molecular weight excluding hydrogens is 269 g/mol. The van der Waals surface area contributed by atoms with E-state index in [9.17, 15) is 21.6 Å². The van der Waals surface area contributed by atoms with Crippen LogP contribution in [0.3, 0.4) is 0 Å². The molecule has 0 bridgehead atoms. The van der Waals surface area contributed by atoms with Crippen LogP contribution in [0.15, 0.2) is 18.1 Å². The average molecular weight is 280 g/mol. The second-order valence-electron chi connectivity index (χ2n) is 3.55. The Morgan fingerprint density at radius 3 is 2.39 bits per heavy atom. The summed E-state index contributed by atoms with van der Waals surface area (Å²) in [5.41, 5.74) is 3.84. The van der Waals surface area contributed by atoms with Crippen LogP contribution in [0.2, 0.25) is 0 Å². The number of nitrogens with one attached hydrogen (secondary N) is 1. The number of halogens is 3. The lowest BCUT2D eigenvalue weighted by molar-refractivity contribution is 0.483. The molecule has 0 saturated heterocycles. The molecule has 1 atom stereocenters. The van der Waals surface area contributed by atoms with Crippen molar-refractivity contribution in [2.75, 3.05) is 4.72 Å². The molecule has 18 heavy (non-hydrogen) atoms. The van der Waals surface area contributed by atoms with Gasteiger partial charge in [0.05, 0.1) is 0 Å². The van der Waals surface area contributed by atoms with Crippen LogP contribution in [-0.2, 0) is 10.0 Å². The third-order valence-corrected chi connectivity index (χ3v) is 3.07. The largest absolute Gasteiger partial charge is 0.324 e. The fourth-order valence-corrected chi connectivity index (χ4v) is 1.78. The summed E-state index contributed by atoms with van der Waals surface area (Å²) in [5.74, 6) is -4.30. The van der Waals surface area contributed by atoms with Crippen molar-refractivity contribution in [2.24, 2.45) is 5.73 Å². The maximum absolute atomic E-state index is 13.5. The molecule has 8 heteroatoms. The molecule has 0 heterocycles. The molecule has 0 aliphatic rings. The van der Waals surface area contributed by atoms with Crippen molar-refractivity contribution in [1.82, 2.24) is 0 Å². The van der Waals surface area contributed by atoms with Crippen LogP contribution < -0.4 is 10.5 Å². The van der Waals surface area contributed by atoms with E-state index in [1.165, 1.54) is 11.6 Å². The molecule has 1 unspecified atom stereocenters. The predicted octanol–water partition coefficient (Wildman–Crippen LogP) is 2.01.